The molecule has 2 aromatic carbocycles. The highest BCUT2D eigenvalue weighted by molar-refractivity contribution is 6.01. The first kappa shape index (κ1) is 16.9. The molecule has 0 aliphatic carbocycles. The molecule has 4 rings (SSSR count). The van der Waals surface area contributed by atoms with Crippen LogP contribution in [-0.2, 0) is 4.79 Å². The molecule has 3 N–H and O–H groups in total. The molecule has 2 fully saturated rings. The highest BCUT2D eigenvalue weighted by Crippen LogP contribution is 2.46. The summed E-state index contributed by atoms with van der Waals surface area (Å²) >= 11 is 0. The van der Waals surface area contributed by atoms with E-state index in [9.17, 15) is 9.90 Å². The maximum Gasteiger partial charge on any atom is 0.246 e. The van der Waals surface area contributed by atoms with Gasteiger partial charge in [-0.3, -0.25) is 10.2 Å². The minimum absolute atomic E-state index is 0.0488. The number of anilines is 1. The zero-order valence-electron chi connectivity index (χ0n) is 15.1. The average molecular weight is 353 g/mol. The van der Waals surface area contributed by atoms with E-state index < -0.39 is 0 Å². The second-order valence-electron chi connectivity index (χ2n) is 7.05. The molecule has 0 aromatic heterocycles. The summed E-state index contributed by atoms with van der Waals surface area (Å²) in [6.45, 7) is 4.11. The number of rotatable bonds is 3. The lowest BCUT2D eigenvalue weighted by atomic mass is 9.87. The third-order valence-electron chi connectivity index (χ3n) is 5.43. The number of hydrazine groups is 1. The Morgan fingerprint density at radius 3 is 2.54 bits per heavy atom. The van der Waals surface area contributed by atoms with Gasteiger partial charge in [-0.2, -0.15) is 0 Å². The van der Waals surface area contributed by atoms with Crippen molar-refractivity contribution in [2.75, 3.05) is 12.0 Å². The average Bonchev–Trinajstić information content (AvgIpc) is 3.15. The zero-order valence-corrected chi connectivity index (χ0v) is 15.1. The highest BCUT2D eigenvalue weighted by atomic mass is 16.5. The molecule has 0 saturated carbocycles. The molecule has 6 nitrogen and oxygen atoms in total. The molecule has 136 valence electrons. The van der Waals surface area contributed by atoms with Crippen molar-refractivity contribution < 1.29 is 14.6 Å². The van der Waals surface area contributed by atoms with Crippen molar-refractivity contribution in [3.8, 4) is 11.5 Å². The van der Waals surface area contributed by atoms with Crippen LogP contribution in [-0.4, -0.2) is 30.2 Å². The fourth-order valence-electron chi connectivity index (χ4n) is 4.09. The standard InChI is InChI=1S/C20H23N3O3/c1-11-4-7-14(8-5-11)23-19(13-6-9-15(24)16(10-13)26-3)17-12(2)21-22-18(17)20(23)25/h4-10,12,17-19,21-22,24H,1-3H3. The third-order valence-corrected chi connectivity index (χ3v) is 5.43. The fraction of sp³-hybridized carbons (Fsp3) is 0.350. The van der Waals surface area contributed by atoms with Gasteiger partial charge in [-0.1, -0.05) is 23.8 Å². The van der Waals surface area contributed by atoms with E-state index in [1.54, 1.807) is 6.07 Å². The van der Waals surface area contributed by atoms with Crippen molar-refractivity contribution in [1.82, 2.24) is 10.9 Å². The van der Waals surface area contributed by atoms with E-state index in [1.165, 1.54) is 7.11 Å². The summed E-state index contributed by atoms with van der Waals surface area (Å²) in [6, 6.07) is 13.0. The molecule has 4 atom stereocenters. The van der Waals surface area contributed by atoms with Gasteiger partial charge in [0.15, 0.2) is 11.5 Å². The van der Waals surface area contributed by atoms with Crippen LogP contribution in [0.25, 0.3) is 0 Å². The Hall–Kier alpha value is -2.57. The van der Waals surface area contributed by atoms with Crippen LogP contribution < -0.4 is 20.5 Å². The lowest BCUT2D eigenvalue weighted by Crippen LogP contribution is -2.42. The van der Waals surface area contributed by atoms with Crippen LogP contribution in [0.1, 0.15) is 24.1 Å². The maximum absolute atomic E-state index is 13.2. The van der Waals surface area contributed by atoms with E-state index in [0.717, 1.165) is 16.8 Å². The number of phenolic OH excluding ortho intramolecular Hbond substituents is 1. The number of nitrogens with zero attached hydrogens (tertiary/aromatic N) is 1. The molecule has 2 aromatic rings. The van der Waals surface area contributed by atoms with Gasteiger partial charge in [0.05, 0.1) is 13.2 Å². The van der Waals surface area contributed by atoms with Gasteiger partial charge in [0.1, 0.15) is 6.04 Å². The number of aromatic hydroxyl groups is 1. The maximum atomic E-state index is 13.2. The van der Waals surface area contributed by atoms with Gasteiger partial charge >= 0.3 is 0 Å². The van der Waals surface area contributed by atoms with E-state index in [-0.39, 0.29) is 35.7 Å². The summed E-state index contributed by atoms with van der Waals surface area (Å²) in [4.78, 5) is 15.0. The van der Waals surface area contributed by atoms with Crippen molar-refractivity contribution in [3.05, 3.63) is 53.6 Å². The van der Waals surface area contributed by atoms with E-state index in [4.69, 9.17) is 4.74 Å². The topological polar surface area (TPSA) is 73.8 Å². The zero-order chi connectivity index (χ0) is 18.4. The molecule has 26 heavy (non-hydrogen) atoms. The predicted molar refractivity (Wildman–Crippen MR) is 99.1 cm³/mol. The summed E-state index contributed by atoms with van der Waals surface area (Å²) in [5.74, 6) is 0.620. The number of amides is 1. The van der Waals surface area contributed by atoms with Gasteiger partial charge in [0.25, 0.3) is 0 Å². The van der Waals surface area contributed by atoms with Crippen molar-refractivity contribution in [2.24, 2.45) is 5.92 Å². The third kappa shape index (κ3) is 2.53. The molecular weight excluding hydrogens is 330 g/mol. The van der Waals surface area contributed by atoms with Crippen molar-refractivity contribution >= 4 is 11.6 Å². The number of ether oxygens (including phenoxy) is 1. The Morgan fingerprint density at radius 2 is 1.85 bits per heavy atom. The second kappa shape index (κ2) is 6.30. The Labute approximate surface area is 152 Å². The lowest BCUT2D eigenvalue weighted by molar-refractivity contribution is -0.119. The van der Waals surface area contributed by atoms with Gasteiger partial charge in [-0.25, -0.2) is 5.43 Å². The number of fused-ring (bicyclic) bond motifs is 1. The number of nitrogens with one attached hydrogen (secondary N) is 2. The first-order valence-corrected chi connectivity index (χ1v) is 8.79. The van der Waals surface area contributed by atoms with E-state index in [0.29, 0.717) is 5.75 Å². The molecule has 0 bridgehead atoms. The quantitative estimate of drug-likeness (QED) is 0.789. The van der Waals surface area contributed by atoms with Crippen LogP contribution in [0, 0.1) is 12.8 Å². The molecule has 2 heterocycles. The summed E-state index contributed by atoms with van der Waals surface area (Å²) in [5, 5.41) is 9.95. The minimum Gasteiger partial charge on any atom is -0.504 e. The fourth-order valence-corrected chi connectivity index (χ4v) is 4.09. The monoisotopic (exact) mass is 353 g/mol. The lowest BCUT2D eigenvalue weighted by Gasteiger charge is -2.30. The number of hydrogen-bond acceptors (Lipinski definition) is 5. The number of carbonyl (C=O) groups excluding carboxylic acids is 1. The Morgan fingerprint density at radius 1 is 1.12 bits per heavy atom. The Kier molecular flexibility index (Phi) is 4.09. The van der Waals surface area contributed by atoms with Gasteiger partial charge < -0.3 is 14.7 Å². The van der Waals surface area contributed by atoms with Crippen LogP contribution in [0.3, 0.4) is 0 Å². The normalized spacial score (nSPS) is 27.7. The molecule has 0 radical (unpaired) electrons. The van der Waals surface area contributed by atoms with Crippen molar-refractivity contribution in [1.29, 1.82) is 0 Å². The Bertz CT molecular complexity index is 837. The molecule has 2 saturated heterocycles. The van der Waals surface area contributed by atoms with E-state index in [1.807, 2.05) is 48.2 Å². The highest BCUT2D eigenvalue weighted by Gasteiger charge is 2.54. The van der Waals surface area contributed by atoms with Crippen LogP contribution in [0.15, 0.2) is 42.5 Å². The second-order valence-corrected chi connectivity index (χ2v) is 7.05. The molecule has 4 unspecified atom stereocenters. The molecule has 0 spiro atoms. The van der Waals surface area contributed by atoms with Gasteiger partial charge in [-0.15, -0.1) is 0 Å². The number of methoxy groups -OCH3 is 1. The van der Waals surface area contributed by atoms with Gasteiger partial charge in [0, 0.05) is 17.6 Å². The summed E-state index contributed by atoms with van der Waals surface area (Å²) < 4.78 is 5.28. The summed E-state index contributed by atoms with van der Waals surface area (Å²) in [6.07, 6.45) is 0. The van der Waals surface area contributed by atoms with E-state index >= 15 is 0 Å². The number of aryl methyl sites for hydroxylation is 1. The van der Waals surface area contributed by atoms with E-state index in [2.05, 4.69) is 17.8 Å². The molecular formula is C20H23N3O3. The largest absolute Gasteiger partial charge is 0.504 e. The van der Waals surface area contributed by atoms with Crippen LogP contribution in [0.5, 0.6) is 11.5 Å². The van der Waals surface area contributed by atoms with Gasteiger partial charge in [0.2, 0.25) is 5.91 Å². The van der Waals surface area contributed by atoms with Crippen LogP contribution in [0.2, 0.25) is 0 Å². The van der Waals surface area contributed by atoms with Gasteiger partial charge in [-0.05, 0) is 43.7 Å². The predicted octanol–water partition coefficient (Wildman–Crippen LogP) is 2.28. The van der Waals surface area contributed by atoms with Crippen LogP contribution in [0.4, 0.5) is 5.69 Å². The number of phenols is 1. The summed E-state index contributed by atoms with van der Waals surface area (Å²) in [5.41, 5.74) is 9.31. The first-order chi connectivity index (χ1) is 12.5. The molecule has 2 aliphatic heterocycles. The van der Waals surface area contributed by atoms with Crippen molar-refractivity contribution in [2.45, 2.75) is 32.0 Å². The summed E-state index contributed by atoms with van der Waals surface area (Å²) in [7, 11) is 1.53. The smallest absolute Gasteiger partial charge is 0.246 e. The van der Waals surface area contributed by atoms with Crippen molar-refractivity contribution in [3.63, 3.8) is 0 Å². The molecule has 2 aliphatic rings. The number of benzene rings is 2. The number of carbonyl (C=O) groups is 1. The first-order valence-electron chi connectivity index (χ1n) is 8.79. The Balaban J connectivity index is 1.83. The van der Waals surface area contributed by atoms with Crippen LogP contribution >= 0.6 is 0 Å². The molecule has 1 amide bonds. The molecule has 6 heteroatoms. The number of hydrogen-bond donors (Lipinski definition) is 3. The minimum atomic E-state index is -0.281. The SMILES string of the molecule is COc1cc(C2C3C(C)NNC3C(=O)N2c2ccc(C)cc2)ccc1O.